The van der Waals surface area contributed by atoms with Crippen LogP contribution in [0, 0.1) is 6.92 Å². The standard InChI is InChI=1S/C19H22N6O3/c1-4-24-11-15(17(23-24)19(27)20-3)21-18(26)14-9-10-25(22-14)12-28-16-8-6-5-7-13(16)2/h5-11H,4,12H2,1-3H3,(H,20,27)(H,21,26). The highest BCUT2D eigenvalue weighted by molar-refractivity contribution is 6.07. The Hall–Kier alpha value is -3.62. The quantitative estimate of drug-likeness (QED) is 0.651. The lowest BCUT2D eigenvalue weighted by Crippen LogP contribution is -2.22. The van der Waals surface area contributed by atoms with Crippen molar-refractivity contribution in [1.82, 2.24) is 24.9 Å². The van der Waals surface area contributed by atoms with Gasteiger partial charge in [-0.3, -0.25) is 14.3 Å². The molecule has 0 fully saturated rings. The van der Waals surface area contributed by atoms with E-state index in [2.05, 4.69) is 20.8 Å². The molecule has 146 valence electrons. The molecule has 3 rings (SSSR count). The third kappa shape index (κ3) is 4.20. The van der Waals surface area contributed by atoms with Gasteiger partial charge in [0, 0.05) is 26.0 Å². The summed E-state index contributed by atoms with van der Waals surface area (Å²) in [6.45, 7) is 4.60. The molecule has 0 unspecified atom stereocenters. The molecule has 0 spiro atoms. The number of carbonyl (C=O) groups is 2. The summed E-state index contributed by atoms with van der Waals surface area (Å²) < 4.78 is 8.82. The van der Waals surface area contributed by atoms with Gasteiger partial charge in [0.1, 0.15) is 5.75 Å². The van der Waals surface area contributed by atoms with Crippen LogP contribution < -0.4 is 15.4 Å². The van der Waals surface area contributed by atoms with Crippen molar-refractivity contribution >= 4 is 17.5 Å². The van der Waals surface area contributed by atoms with Crippen LogP contribution in [0.3, 0.4) is 0 Å². The summed E-state index contributed by atoms with van der Waals surface area (Å²) in [6.07, 6.45) is 3.27. The SMILES string of the molecule is CCn1cc(NC(=O)c2ccn(COc3ccccc3C)n2)c(C(=O)NC)n1. The molecule has 2 amide bonds. The van der Waals surface area contributed by atoms with E-state index in [1.54, 1.807) is 23.1 Å². The minimum atomic E-state index is -0.435. The molecule has 2 N–H and O–H groups in total. The lowest BCUT2D eigenvalue weighted by atomic mass is 10.2. The third-order valence-corrected chi connectivity index (χ3v) is 4.10. The Kier molecular flexibility index (Phi) is 5.73. The highest BCUT2D eigenvalue weighted by atomic mass is 16.5. The van der Waals surface area contributed by atoms with Crippen LogP contribution in [0.4, 0.5) is 5.69 Å². The molecule has 0 saturated heterocycles. The van der Waals surface area contributed by atoms with E-state index in [0.29, 0.717) is 12.2 Å². The number of amides is 2. The number of benzene rings is 1. The molecule has 0 radical (unpaired) electrons. The van der Waals surface area contributed by atoms with E-state index in [-0.39, 0.29) is 24.0 Å². The van der Waals surface area contributed by atoms with Crippen molar-refractivity contribution < 1.29 is 14.3 Å². The van der Waals surface area contributed by atoms with E-state index in [1.807, 2.05) is 38.1 Å². The zero-order chi connectivity index (χ0) is 20.1. The summed E-state index contributed by atoms with van der Waals surface area (Å²) in [5.74, 6) is -0.0543. The monoisotopic (exact) mass is 382 g/mol. The van der Waals surface area contributed by atoms with Crippen molar-refractivity contribution in [3.05, 3.63) is 59.7 Å². The fourth-order valence-corrected chi connectivity index (χ4v) is 2.56. The van der Waals surface area contributed by atoms with E-state index in [9.17, 15) is 9.59 Å². The first-order valence-electron chi connectivity index (χ1n) is 8.84. The van der Waals surface area contributed by atoms with E-state index < -0.39 is 5.91 Å². The van der Waals surface area contributed by atoms with Crippen LogP contribution in [0.2, 0.25) is 0 Å². The Labute approximate surface area is 162 Å². The van der Waals surface area contributed by atoms with Crippen molar-refractivity contribution in [2.75, 3.05) is 12.4 Å². The largest absolute Gasteiger partial charge is 0.471 e. The molecule has 1 aromatic carbocycles. The minimum Gasteiger partial charge on any atom is -0.471 e. The zero-order valence-electron chi connectivity index (χ0n) is 16.0. The number of aromatic nitrogens is 4. The van der Waals surface area contributed by atoms with Crippen LogP contribution in [-0.4, -0.2) is 38.4 Å². The van der Waals surface area contributed by atoms with Crippen LogP contribution in [0.25, 0.3) is 0 Å². The number of hydrogen-bond donors (Lipinski definition) is 2. The second-order valence-corrected chi connectivity index (χ2v) is 6.06. The molecule has 9 nitrogen and oxygen atoms in total. The van der Waals surface area contributed by atoms with Crippen molar-refractivity contribution in [3.63, 3.8) is 0 Å². The van der Waals surface area contributed by atoms with E-state index in [4.69, 9.17) is 4.74 Å². The summed E-state index contributed by atoms with van der Waals surface area (Å²) >= 11 is 0. The van der Waals surface area contributed by atoms with Crippen molar-refractivity contribution in [1.29, 1.82) is 0 Å². The number of nitrogens with zero attached hydrogens (tertiary/aromatic N) is 4. The first-order chi connectivity index (χ1) is 13.5. The minimum absolute atomic E-state index is 0.153. The van der Waals surface area contributed by atoms with E-state index >= 15 is 0 Å². The van der Waals surface area contributed by atoms with Crippen molar-refractivity contribution in [2.45, 2.75) is 27.1 Å². The highest BCUT2D eigenvalue weighted by Crippen LogP contribution is 2.17. The Morgan fingerprint density at radius 1 is 1.11 bits per heavy atom. The number of hydrogen-bond acceptors (Lipinski definition) is 5. The van der Waals surface area contributed by atoms with Gasteiger partial charge in [-0.25, -0.2) is 4.68 Å². The predicted molar refractivity (Wildman–Crippen MR) is 103 cm³/mol. The average molecular weight is 382 g/mol. The number of aryl methyl sites for hydroxylation is 2. The molecule has 0 aliphatic heterocycles. The molecule has 2 aromatic heterocycles. The van der Waals surface area contributed by atoms with Gasteiger partial charge in [-0.05, 0) is 31.5 Å². The molecule has 0 aliphatic rings. The van der Waals surface area contributed by atoms with Gasteiger partial charge in [0.25, 0.3) is 11.8 Å². The first-order valence-corrected chi connectivity index (χ1v) is 8.84. The molecule has 0 saturated carbocycles. The van der Waals surface area contributed by atoms with Gasteiger partial charge in [0.15, 0.2) is 18.1 Å². The van der Waals surface area contributed by atoms with Gasteiger partial charge in [-0.2, -0.15) is 10.2 Å². The maximum absolute atomic E-state index is 12.5. The molecular formula is C19H22N6O3. The number of anilines is 1. The van der Waals surface area contributed by atoms with Gasteiger partial charge in [-0.15, -0.1) is 0 Å². The van der Waals surface area contributed by atoms with Crippen molar-refractivity contribution in [2.24, 2.45) is 0 Å². The first kappa shape index (κ1) is 19.2. The number of carbonyl (C=O) groups excluding carboxylic acids is 2. The van der Waals surface area contributed by atoms with Gasteiger partial charge >= 0.3 is 0 Å². The molecule has 0 atom stereocenters. The van der Waals surface area contributed by atoms with Crippen LogP contribution >= 0.6 is 0 Å². The van der Waals surface area contributed by atoms with Gasteiger partial charge < -0.3 is 15.4 Å². The summed E-state index contributed by atoms with van der Waals surface area (Å²) in [5.41, 5.74) is 1.71. The zero-order valence-corrected chi connectivity index (χ0v) is 16.0. The van der Waals surface area contributed by atoms with Crippen LogP contribution in [0.15, 0.2) is 42.7 Å². The fraction of sp³-hybridized carbons (Fsp3) is 0.263. The summed E-state index contributed by atoms with van der Waals surface area (Å²) in [7, 11) is 1.51. The maximum Gasteiger partial charge on any atom is 0.276 e. The van der Waals surface area contributed by atoms with Gasteiger partial charge in [0.2, 0.25) is 0 Å². The Balaban J connectivity index is 1.68. The van der Waals surface area contributed by atoms with E-state index in [1.165, 1.54) is 11.7 Å². The van der Waals surface area contributed by atoms with Crippen LogP contribution in [0.1, 0.15) is 33.5 Å². The summed E-state index contributed by atoms with van der Waals surface area (Å²) in [5, 5.41) is 13.6. The van der Waals surface area contributed by atoms with E-state index in [0.717, 1.165) is 11.3 Å². The summed E-state index contributed by atoms with van der Waals surface area (Å²) in [4.78, 5) is 24.5. The predicted octanol–water partition coefficient (Wildman–Crippen LogP) is 2.06. The molecule has 9 heteroatoms. The highest BCUT2D eigenvalue weighted by Gasteiger charge is 2.19. The second-order valence-electron chi connectivity index (χ2n) is 6.06. The molecule has 0 aliphatic carbocycles. The Morgan fingerprint density at radius 3 is 2.61 bits per heavy atom. The average Bonchev–Trinajstić information content (AvgIpc) is 3.34. The number of rotatable bonds is 7. The number of ether oxygens (including phenoxy) is 1. The maximum atomic E-state index is 12.5. The van der Waals surface area contributed by atoms with Crippen molar-refractivity contribution in [3.8, 4) is 5.75 Å². The Bertz CT molecular complexity index is 991. The molecule has 0 bridgehead atoms. The lowest BCUT2D eigenvalue weighted by Gasteiger charge is -2.08. The van der Waals surface area contributed by atoms with Crippen LogP contribution in [-0.2, 0) is 13.3 Å². The van der Waals surface area contributed by atoms with Gasteiger partial charge in [0.05, 0.1) is 5.69 Å². The number of para-hydroxylation sites is 1. The second kappa shape index (κ2) is 8.38. The van der Waals surface area contributed by atoms with Crippen LogP contribution in [0.5, 0.6) is 5.75 Å². The molecular weight excluding hydrogens is 360 g/mol. The molecule has 3 aromatic rings. The number of nitrogens with one attached hydrogen (secondary N) is 2. The molecule has 28 heavy (non-hydrogen) atoms. The third-order valence-electron chi connectivity index (χ3n) is 4.10. The Morgan fingerprint density at radius 2 is 1.89 bits per heavy atom. The van der Waals surface area contributed by atoms with Gasteiger partial charge in [-0.1, -0.05) is 18.2 Å². The normalized spacial score (nSPS) is 10.5. The molecule has 2 heterocycles. The summed E-state index contributed by atoms with van der Waals surface area (Å²) in [6, 6.07) is 9.24. The smallest absolute Gasteiger partial charge is 0.276 e. The topological polar surface area (TPSA) is 103 Å². The fourth-order valence-electron chi connectivity index (χ4n) is 2.56. The lowest BCUT2D eigenvalue weighted by molar-refractivity contribution is 0.0958.